The smallest absolute Gasteiger partial charge is 0.258 e. The van der Waals surface area contributed by atoms with Gasteiger partial charge in [0.05, 0.1) is 31.6 Å². The molecule has 0 saturated heterocycles. The van der Waals surface area contributed by atoms with Gasteiger partial charge in [-0.25, -0.2) is 8.42 Å². The minimum absolute atomic E-state index is 0.102. The van der Waals surface area contributed by atoms with Crippen molar-refractivity contribution in [1.29, 1.82) is 0 Å². The lowest BCUT2D eigenvalue weighted by Gasteiger charge is -2.23. The molecule has 0 aliphatic heterocycles. The highest BCUT2D eigenvalue weighted by atomic mass is 35.5. The molecule has 0 aliphatic rings. The third kappa shape index (κ3) is 6.88. The fourth-order valence-electron chi connectivity index (χ4n) is 3.30. The molecule has 3 aromatic rings. The number of nitrogens with zero attached hydrogens (tertiary/aromatic N) is 1. The molecule has 0 aromatic heterocycles. The van der Waals surface area contributed by atoms with Gasteiger partial charge in [-0.05, 0) is 60.5 Å². The van der Waals surface area contributed by atoms with E-state index in [0.717, 1.165) is 17.6 Å². The predicted octanol–water partition coefficient (Wildman–Crippen LogP) is 4.57. The van der Waals surface area contributed by atoms with Crippen molar-refractivity contribution in [2.45, 2.75) is 19.5 Å². The Bertz CT molecular complexity index is 1210. The Kier molecular flexibility index (Phi) is 8.41. The van der Waals surface area contributed by atoms with Crippen LogP contribution in [0.15, 0.2) is 72.8 Å². The summed E-state index contributed by atoms with van der Waals surface area (Å²) in [5.41, 5.74) is 2.10. The first kappa shape index (κ1) is 25.4. The Balaban J connectivity index is 1.60. The molecule has 3 rings (SSSR count). The lowest BCUT2D eigenvalue weighted by atomic mass is 10.1. The van der Waals surface area contributed by atoms with E-state index in [1.54, 1.807) is 55.6 Å². The number of anilines is 1. The molecule has 1 N–H and O–H groups in total. The van der Waals surface area contributed by atoms with Crippen LogP contribution in [0.2, 0.25) is 5.02 Å². The molecule has 0 bridgehead atoms. The molecule has 7 nitrogen and oxygen atoms in total. The average molecular weight is 503 g/mol. The molecule has 180 valence electrons. The molecule has 0 saturated carbocycles. The zero-order valence-corrected chi connectivity index (χ0v) is 20.8. The number of sulfonamides is 1. The van der Waals surface area contributed by atoms with E-state index in [2.05, 4.69) is 5.32 Å². The summed E-state index contributed by atoms with van der Waals surface area (Å²) in [5.74, 6) is 0.918. The summed E-state index contributed by atoms with van der Waals surface area (Å²) in [6.07, 6.45) is 1.14. The molecule has 0 aliphatic carbocycles. The van der Waals surface area contributed by atoms with Crippen LogP contribution in [0.25, 0.3) is 0 Å². The van der Waals surface area contributed by atoms with Gasteiger partial charge in [0.25, 0.3) is 5.91 Å². The van der Waals surface area contributed by atoms with E-state index in [0.29, 0.717) is 22.0 Å². The van der Waals surface area contributed by atoms with Gasteiger partial charge in [-0.2, -0.15) is 0 Å². The van der Waals surface area contributed by atoms with Crippen molar-refractivity contribution in [3.63, 3.8) is 0 Å². The number of benzene rings is 3. The number of carbonyl (C=O) groups is 1. The summed E-state index contributed by atoms with van der Waals surface area (Å²) in [6, 6.07) is 20.9. The van der Waals surface area contributed by atoms with Gasteiger partial charge in [-0.1, -0.05) is 41.9 Å². The molecule has 3 aromatic carbocycles. The van der Waals surface area contributed by atoms with Crippen molar-refractivity contribution in [1.82, 2.24) is 5.32 Å². The number of hydrogen-bond donors (Lipinski definition) is 1. The highest BCUT2D eigenvalue weighted by Gasteiger charge is 2.19. The minimum Gasteiger partial charge on any atom is -0.497 e. The van der Waals surface area contributed by atoms with Crippen LogP contribution in [0, 0.1) is 0 Å². The van der Waals surface area contributed by atoms with Crippen LogP contribution in [-0.2, 0) is 21.4 Å². The lowest BCUT2D eigenvalue weighted by Crippen LogP contribution is -2.31. The van der Waals surface area contributed by atoms with E-state index < -0.39 is 10.0 Å². The Labute approximate surface area is 205 Å². The molecule has 1 amide bonds. The van der Waals surface area contributed by atoms with Crippen molar-refractivity contribution in [2.75, 3.05) is 24.3 Å². The summed E-state index contributed by atoms with van der Waals surface area (Å²) in [5, 5.41) is 3.37. The molecule has 0 spiro atoms. The molecular weight excluding hydrogens is 476 g/mol. The topological polar surface area (TPSA) is 84.9 Å². The first-order valence-corrected chi connectivity index (χ1v) is 12.8. The number of carbonyl (C=O) groups excluding carboxylic acids is 1. The van der Waals surface area contributed by atoms with Crippen LogP contribution in [0.4, 0.5) is 5.69 Å². The Hall–Kier alpha value is -3.23. The third-order valence-electron chi connectivity index (χ3n) is 5.16. The van der Waals surface area contributed by atoms with Crippen molar-refractivity contribution < 1.29 is 22.7 Å². The molecule has 0 unspecified atom stereocenters. The maximum absolute atomic E-state index is 12.4. The molecule has 0 fully saturated rings. The summed E-state index contributed by atoms with van der Waals surface area (Å²) < 4.78 is 36.8. The number of halogens is 1. The zero-order valence-electron chi connectivity index (χ0n) is 19.2. The number of hydrogen-bond acceptors (Lipinski definition) is 5. The van der Waals surface area contributed by atoms with Gasteiger partial charge in [0.15, 0.2) is 6.61 Å². The predicted molar refractivity (Wildman–Crippen MR) is 134 cm³/mol. The second-order valence-corrected chi connectivity index (χ2v) is 10.0. The maximum Gasteiger partial charge on any atom is 0.258 e. The Morgan fingerprint density at radius 3 is 2.21 bits per heavy atom. The van der Waals surface area contributed by atoms with Crippen LogP contribution in [-0.4, -0.2) is 34.3 Å². The van der Waals surface area contributed by atoms with E-state index >= 15 is 0 Å². The fourth-order valence-corrected chi connectivity index (χ4v) is 4.37. The van der Waals surface area contributed by atoms with Gasteiger partial charge in [-0.3, -0.25) is 9.10 Å². The first-order chi connectivity index (χ1) is 16.2. The Morgan fingerprint density at radius 2 is 1.62 bits per heavy atom. The van der Waals surface area contributed by atoms with Gasteiger partial charge in [0, 0.05) is 5.02 Å². The van der Waals surface area contributed by atoms with Gasteiger partial charge in [0.2, 0.25) is 10.0 Å². The van der Waals surface area contributed by atoms with Crippen molar-refractivity contribution in [3.8, 4) is 11.5 Å². The summed E-state index contributed by atoms with van der Waals surface area (Å²) in [6.45, 7) is 1.81. The zero-order chi connectivity index (χ0) is 24.7. The number of amides is 1. The lowest BCUT2D eigenvalue weighted by molar-refractivity contribution is -0.123. The molecule has 9 heteroatoms. The fraction of sp³-hybridized carbons (Fsp3) is 0.240. The van der Waals surface area contributed by atoms with Crippen molar-refractivity contribution in [3.05, 3.63) is 88.9 Å². The van der Waals surface area contributed by atoms with Crippen LogP contribution < -0.4 is 19.1 Å². The van der Waals surface area contributed by atoms with E-state index in [-0.39, 0.29) is 25.1 Å². The number of rotatable bonds is 10. The second kappa shape index (κ2) is 11.3. The van der Waals surface area contributed by atoms with E-state index in [1.165, 1.54) is 4.31 Å². The van der Waals surface area contributed by atoms with Crippen LogP contribution >= 0.6 is 11.6 Å². The SMILES string of the molecule is COc1ccc([C@H](C)NC(=O)COc2ccc(N(Cc3ccccc3Cl)S(C)(=O)=O)cc2)cc1. The van der Waals surface area contributed by atoms with Gasteiger partial charge < -0.3 is 14.8 Å². The van der Waals surface area contributed by atoms with Crippen molar-refractivity contribution >= 4 is 33.2 Å². The molecular formula is C25H27ClN2O5S. The number of ether oxygens (including phenoxy) is 2. The van der Waals surface area contributed by atoms with Crippen LogP contribution in [0.3, 0.4) is 0 Å². The molecule has 0 radical (unpaired) electrons. The van der Waals surface area contributed by atoms with Crippen molar-refractivity contribution in [2.24, 2.45) is 0 Å². The number of methoxy groups -OCH3 is 1. The largest absolute Gasteiger partial charge is 0.497 e. The van der Waals surface area contributed by atoms with Gasteiger partial charge in [-0.15, -0.1) is 0 Å². The third-order valence-corrected chi connectivity index (χ3v) is 6.67. The average Bonchev–Trinajstić information content (AvgIpc) is 2.82. The summed E-state index contributed by atoms with van der Waals surface area (Å²) >= 11 is 6.21. The maximum atomic E-state index is 12.4. The highest BCUT2D eigenvalue weighted by molar-refractivity contribution is 7.92. The van der Waals surface area contributed by atoms with Gasteiger partial charge in [0.1, 0.15) is 11.5 Å². The van der Waals surface area contributed by atoms with E-state index in [9.17, 15) is 13.2 Å². The number of nitrogens with one attached hydrogen (secondary N) is 1. The monoisotopic (exact) mass is 502 g/mol. The van der Waals surface area contributed by atoms with E-state index in [1.807, 2.05) is 31.2 Å². The summed E-state index contributed by atoms with van der Waals surface area (Å²) in [4.78, 5) is 12.3. The molecule has 1 atom stereocenters. The van der Waals surface area contributed by atoms with E-state index in [4.69, 9.17) is 21.1 Å². The molecule has 34 heavy (non-hydrogen) atoms. The standard InChI is InChI=1S/C25H27ClN2O5S/c1-18(19-8-12-22(32-2)13-9-19)27-25(29)17-33-23-14-10-21(11-15-23)28(34(3,30)31)16-20-6-4-5-7-24(20)26/h4-15,18H,16-17H2,1-3H3,(H,27,29)/t18-/m0/s1. The normalized spacial score (nSPS) is 12.0. The first-order valence-electron chi connectivity index (χ1n) is 10.5. The summed E-state index contributed by atoms with van der Waals surface area (Å²) in [7, 11) is -1.96. The highest BCUT2D eigenvalue weighted by Crippen LogP contribution is 2.26. The molecule has 0 heterocycles. The van der Waals surface area contributed by atoms with Gasteiger partial charge >= 0.3 is 0 Å². The minimum atomic E-state index is -3.55. The van der Waals surface area contributed by atoms with Crippen LogP contribution in [0.1, 0.15) is 24.1 Å². The Morgan fingerprint density at radius 1 is 1.00 bits per heavy atom. The quantitative estimate of drug-likeness (QED) is 0.439. The van der Waals surface area contributed by atoms with Crippen LogP contribution in [0.5, 0.6) is 11.5 Å². The second-order valence-electron chi connectivity index (χ2n) is 7.71.